The van der Waals surface area contributed by atoms with Crippen LogP contribution in [0.5, 0.6) is 0 Å². The predicted octanol–water partition coefficient (Wildman–Crippen LogP) is 2.08. The van der Waals surface area contributed by atoms with Crippen LogP contribution < -0.4 is 4.31 Å². The minimum absolute atomic E-state index is 0.0269. The van der Waals surface area contributed by atoms with E-state index in [1.54, 1.807) is 6.92 Å². The lowest BCUT2D eigenvalue weighted by Gasteiger charge is -2.31. The van der Waals surface area contributed by atoms with Crippen molar-refractivity contribution in [3.63, 3.8) is 0 Å². The average Bonchev–Trinajstić information content (AvgIpc) is 2.37. The summed E-state index contributed by atoms with van der Waals surface area (Å²) < 4.78 is 57.8. The van der Waals surface area contributed by atoms with E-state index in [0.29, 0.717) is 24.5 Å². The summed E-state index contributed by atoms with van der Waals surface area (Å²) in [7, 11) is -2.28. The molecule has 1 aromatic rings. The zero-order valence-electron chi connectivity index (χ0n) is 11.4. The normalized spacial score (nSPS) is 16.9. The highest BCUT2D eigenvalue weighted by Crippen LogP contribution is 2.33. The summed E-state index contributed by atoms with van der Waals surface area (Å²) >= 11 is 0. The minimum atomic E-state index is -3.70. The lowest BCUT2D eigenvalue weighted by Crippen LogP contribution is -2.40. The van der Waals surface area contributed by atoms with Crippen molar-refractivity contribution >= 4 is 15.7 Å². The molecule has 4 nitrogen and oxygen atoms in total. The molecule has 1 atom stereocenters. The van der Waals surface area contributed by atoms with E-state index in [0.717, 1.165) is 4.31 Å². The highest BCUT2D eigenvalue weighted by molar-refractivity contribution is 7.92. The number of hydrogen-bond acceptors (Lipinski definition) is 3. The summed E-state index contributed by atoms with van der Waals surface area (Å²) in [5.74, 6) is -1.76. The average molecular weight is 305 g/mol. The first-order valence-corrected chi connectivity index (χ1v) is 7.97. The van der Waals surface area contributed by atoms with Gasteiger partial charge in [-0.3, -0.25) is 4.31 Å². The number of ether oxygens (including phenoxy) is 1. The van der Waals surface area contributed by atoms with Gasteiger partial charge in [-0.2, -0.15) is 0 Å². The lowest BCUT2D eigenvalue weighted by molar-refractivity contribution is 0.136. The van der Waals surface area contributed by atoms with Crippen molar-refractivity contribution in [2.75, 3.05) is 23.7 Å². The first kappa shape index (κ1) is 15.2. The van der Waals surface area contributed by atoms with E-state index in [1.165, 1.54) is 13.2 Å². The Bertz CT molecular complexity index is 604. The predicted molar refractivity (Wildman–Crippen MR) is 72.3 cm³/mol. The SMILES string of the molecule is COC(C)CS(=O)(=O)N1CCCc2cc(F)cc(F)c21. The Morgan fingerprint density at radius 3 is 2.75 bits per heavy atom. The van der Waals surface area contributed by atoms with E-state index in [4.69, 9.17) is 4.74 Å². The van der Waals surface area contributed by atoms with E-state index < -0.39 is 27.8 Å². The fourth-order valence-corrected chi connectivity index (χ4v) is 4.15. The molecule has 0 fully saturated rings. The number of halogens is 2. The van der Waals surface area contributed by atoms with E-state index in [1.807, 2.05) is 0 Å². The van der Waals surface area contributed by atoms with Crippen LogP contribution in [-0.2, 0) is 21.2 Å². The van der Waals surface area contributed by atoms with Gasteiger partial charge in [0.25, 0.3) is 0 Å². The van der Waals surface area contributed by atoms with Crippen molar-refractivity contribution < 1.29 is 21.9 Å². The van der Waals surface area contributed by atoms with Crippen molar-refractivity contribution in [2.45, 2.75) is 25.9 Å². The highest BCUT2D eigenvalue weighted by atomic mass is 32.2. The number of rotatable bonds is 4. The largest absolute Gasteiger partial charge is 0.381 e. The third kappa shape index (κ3) is 2.93. The van der Waals surface area contributed by atoms with Crippen LogP contribution >= 0.6 is 0 Å². The molecule has 0 aliphatic carbocycles. The summed E-state index contributed by atoms with van der Waals surface area (Å²) in [5, 5.41) is 0. The van der Waals surface area contributed by atoms with Crippen LogP contribution in [0.15, 0.2) is 12.1 Å². The maximum absolute atomic E-state index is 14.0. The Balaban J connectivity index is 2.42. The molecule has 1 aliphatic rings. The number of anilines is 1. The van der Waals surface area contributed by atoms with E-state index in [-0.39, 0.29) is 18.0 Å². The number of sulfonamides is 1. The van der Waals surface area contributed by atoms with Gasteiger partial charge in [0.15, 0.2) is 5.82 Å². The summed E-state index contributed by atoms with van der Waals surface area (Å²) in [4.78, 5) is 0. The first-order chi connectivity index (χ1) is 9.35. The van der Waals surface area contributed by atoms with Gasteiger partial charge in [-0.25, -0.2) is 17.2 Å². The molecule has 0 N–H and O–H groups in total. The number of fused-ring (bicyclic) bond motifs is 1. The maximum atomic E-state index is 14.0. The second-order valence-electron chi connectivity index (χ2n) is 4.90. The van der Waals surface area contributed by atoms with Crippen LogP contribution in [-0.4, -0.2) is 33.9 Å². The van der Waals surface area contributed by atoms with Gasteiger partial charge < -0.3 is 4.74 Å². The fraction of sp³-hybridized carbons (Fsp3) is 0.538. The van der Waals surface area contributed by atoms with Crippen molar-refractivity contribution in [1.82, 2.24) is 0 Å². The van der Waals surface area contributed by atoms with Crippen LogP contribution in [0.3, 0.4) is 0 Å². The van der Waals surface area contributed by atoms with E-state index in [2.05, 4.69) is 0 Å². The van der Waals surface area contributed by atoms with Crippen LogP contribution in [0.1, 0.15) is 18.9 Å². The zero-order chi connectivity index (χ0) is 14.9. The Labute approximate surface area is 117 Å². The minimum Gasteiger partial charge on any atom is -0.381 e. The van der Waals surface area contributed by atoms with Crippen molar-refractivity contribution in [3.05, 3.63) is 29.3 Å². The smallest absolute Gasteiger partial charge is 0.237 e. The van der Waals surface area contributed by atoms with E-state index >= 15 is 0 Å². The number of nitrogens with zero attached hydrogens (tertiary/aromatic N) is 1. The molecule has 0 amide bonds. The quantitative estimate of drug-likeness (QED) is 0.855. The topological polar surface area (TPSA) is 46.6 Å². The third-order valence-corrected chi connectivity index (χ3v) is 5.27. The molecule has 7 heteroatoms. The van der Waals surface area contributed by atoms with Gasteiger partial charge in [0.2, 0.25) is 10.0 Å². The molecular formula is C13H17F2NO3S. The summed E-state index contributed by atoms with van der Waals surface area (Å²) in [6, 6.07) is 1.91. The number of benzene rings is 1. The van der Waals surface area contributed by atoms with Crippen molar-refractivity contribution in [1.29, 1.82) is 0 Å². The van der Waals surface area contributed by atoms with Gasteiger partial charge >= 0.3 is 0 Å². The van der Waals surface area contributed by atoms with Crippen molar-refractivity contribution in [3.8, 4) is 0 Å². The highest BCUT2D eigenvalue weighted by Gasteiger charge is 2.31. The molecule has 0 bridgehead atoms. The molecule has 0 aromatic heterocycles. The number of hydrogen-bond donors (Lipinski definition) is 0. The van der Waals surface area contributed by atoms with Crippen LogP contribution in [0.25, 0.3) is 0 Å². The Hall–Kier alpha value is -1.21. The molecule has 1 heterocycles. The van der Waals surface area contributed by atoms with Crippen LogP contribution in [0.4, 0.5) is 14.5 Å². The van der Waals surface area contributed by atoms with Gasteiger partial charge in [-0.15, -0.1) is 0 Å². The lowest BCUT2D eigenvalue weighted by atomic mass is 10.0. The molecule has 1 aromatic carbocycles. The molecule has 1 aliphatic heterocycles. The fourth-order valence-electron chi connectivity index (χ4n) is 2.35. The van der Waals surface area contributed by atoms with Crippen LogP contribution in [0, 0.1) is 11.6 Å². The summed E-state index contributed by atoms with van der Waals surface area (Å²) in [6.07, 6.45) is 0.515. The molecule has 0 radical (unpaired) electrons. The number of aryl methyl sites for hydroxylation is 1. The van der Waals surface area contributed by atoms with Gasteiger partial charge in [0, 0.05) is 19.7 Å². The molecule has 0 saturated carbocycles. The monoisotopic (exact) mass is 305 g/mol. The summed E-state index contributed by atoms with van der Waals surface area (Å²) in [5.41, 5.74) is 0.364. The second kappa shape index (κ2) is 5.65. The third-order valence-electron chi connectivity index (χ3n) is 3.35. The Morgan fingerprint density at radius 2 is 2.10 bits per heavy atom. The molecular weight excluding hydrogens is 288 g/mol. The molecule has 1 unspecified atom stereocenters. The zero-order valence-corrected chi connectivity index (χ0v) is 12.2. The number of methoxy groups -OCH3 is 1. The van der Waals surface area contributed by atoms with Gasteiger partial charge in [-0.05, 0) is 31.4 Å². The molecule has 112 valence electrons. The molecule has 0 spiro atoms. The maximum Gasteiger partial charge on any atom is 0.237 e. The van der Waals surface area contributed by atoms with Crippen LogP contribution in [0.2, 0.25) is 0 Å². The van der Waals surface area contributed by atoms with Gasteiger partial charge in [0.1, 0.15) is 5.82 Å². The molecule has 2 rings (SSSR count). The van der Waals surface area contributed by atoms with Gasteiger partial charge in [0.05, 0.1) is 17.5 Å². The van der Waals surface area contributed by atoms with E-state index in [9.17, 15) is 17.2 Å². The Kier molecular flexibility index (Phi) is 4.29. The standard InChI is InChI=1S/C13H17F2NO3S/c1-9(19-2)8-20(17,18)16-5-3-4-10-6-11(14)7-12(15)13(10)16/h6-7,9H,3-5,8H2,1-2H3. The first-order valence-electron chi connectivity index (χ1n) is 6.36. The molecule has 0 saturated heterocycles. The van der Waals surface area contributed by atoms with Crippen molar-refractivity contribution in [2.24, 2.45) is 0 Å². The second-order valence-corrected chi connectivity index (χ2v) is 6.83. The molecule has 20 heavy (non-hydrogen) atoms. The summed E-state index contributed by atoms with van der Waals surface area (Å²) in [6.45, 7) is 1.83. The Morgan fingerprint density at radius 1 is 1.40 bits per heavy atom. The van der Waals surface area contributed by atoms with Gasteiger partial charge in [-0.1, -0.05) is 0 Å².